The van der Waals surface area contributed by atoms with Gasteiger partial charge in [-0.3, -0.25) is 9.59 Å². The molecule has 2 amide bonds. The summed E-state index contributed by atoms with van der Waals surface area (Å²) in [6, 6.07) is -1.61. The highest BCUT2D eigenvalue weighted by atomic mass is 16.5. The van der Waals surface area contributed by atoms with Crippen LogP contribution in [0.2, 0.25) is 0 Å². The molecule has 1 fully saturated rings. The Hall–Kier alpha value is -2.16. The number of hydrogen-bond donors (Lipinski definition) is 3. The van der Waals surface area contributed by atoms with Gasteiger partial charge in [0, 0.05) is 13.0 Å². The van der Waals surface area contributed by atoms with Crippen molar-refractivity contribution in [2.45, 2.75) is 38.8 Å². The van der Waals surface area contributed by atoms with Gasteiger partial charge in [-0.25, -0.2) is 9.59 Å². The molecule has 136 valence electrons. The van der Waals surface area contributed by atoms with Gasteiger partial charge in [-0.15, -0.1) is 0 Å². The summed E-state index contributed by atoms with van der Waals surface area (Å²) in [7, 11) is 2.47. The first-order valence-electron chi connectivity index (χ1n) is 7.72. The number of methoxy groups -OCH3 is 2. The summed E-state index contributed by atoms with van der Waals surface area (Å²) in [5.41, 5.74) is -0.970. The fourth-order valence-electron chi connectivity index (χ4n) is 2.59. The van der Waals surface area contributed by atoms with Crippen molar-refractivity contribution in [3.8, 4) is 0 Å². The number of rotatable bonds is 7. The predicted molar refractivity (Wildman–Crippen MR) is 83.8 cm³/mol. The van der Waals surface area contributed by atoms with E-state index in [9.17, 15) is 19.2 Å². The first-order chi connectivity index (χ1) is 11.3. The van der Waals surface area contributed by atoms with Crippen molar-refractivity contribution in [2.75, 3.05) is 27.3 Å². The van der Waals surface area contributed by atoms with Crippen molar-refractivity contribution >= 4 is 23.8 Å². The Bertz CT molecular complexity index is 501. The molecule has 0 radical (unpaired) electrons. The van der Waals surface area contributed by atoms with Crippen molar-refractivity contribution in [1.29, 1.82) is 0 Å². The molecule has 1 aliphatic heterocycles. The van der Waals surface area contributed by atoms with E-state index >= 15 is 0 Å². The molecule has 0 aromatic carbocycles. The van der Waals surface area contributed by atoms with Crippen LogP contribution in [-0.4, -0.2) is 63.1 Å². The highest BCUT2D eigenvalue weighted by Crippen LogP contribution is 2.30. The van der Waals surface area contributed by atoms with Gasteiger partial charge in [-0.2, -0.15) is 0 Å². The molecule has 0 bridgehead atoms. The van der Waals surface area contributed by atoms with E-state index in [0.29, 0.717) is 19.5 Å². The Kier molecular flexibility index (Phi) is 7.15. The summed E-state index contributed by atoms with van der Waals surface area (Å²) >= 11 is 0. The van der Waals surface area contributed by atoms with Gasteiger partial charge >= 0.3 is 11.9 Å². The molecule has 3 atom stereocenters. The maximum Gasteiger partial charge on any atom is 0.328 e. The van der Waals surface area contributed by atoms with Crippen LogP contribution < -0.4 is 16.0 Å². The fourth-order valence-corrected chi connectivity index (χ4v) is 2.59. The SMILES string of the molecule is COC(=O)C(C)NC(=O)CC1(C(=O)NC(C)C(=O)OC)CCNC1. The number of amides is 2. The quantitative estimate of drug-likeness (QED) is 0.492. The molecule has 0 aromatic heterocycles. The predicted octanol–water partition coefficient (Wildman–Crippen LogP) is -1.29. The van der Waals surface area contributed by atoms with Gasteiger partial charge in [0.15, 0.2) is 0 Å². The maximum absolute atomic E-state index is 12.6. The lowest BCUT2D eigenvalue weighted by atomic mass is 9.82. The lowest BCUT2D eigenvalue weighted by Gasteiger charge is -2.28. The second kappa shape index (κ2) is 8.62. The van der Waals surface area contributed by atoms with E-state index in [1.54, 1.807) is 0 Å². The van der Waals surface area contributed by atoms with Crippen molar-refractivity contribution < 1.29 is 28.7 Å². The smallest absolute Gasteiger partial charge is 0.328 e. The van der Waals surface area contributed by atoms with Gasteiger partial charge in [0.05, 0.1) is 19.6 Å². The Balaban J connectivity index is 2.74. The molecule has 1 saturated heterocycles. The molecule has 3 N–H and O–H groups in total. The first kappa shape index (κ1) is 19.9. The van der Waals surface area contributed by atoms with Crippen LogP contribution in [0.4, 0.5) is 0 Å². The van der Waals surface area contributed by atoms with Crippen LogP contribution >= 0.6 is 0 Å². The van der Waals surface area contributed by atoms with E-state index in [-0.39, 0.29) is 6.42 Å². The number of hydrogen-bond acceptors (Lipinski definition) is 7. The minimum atomic E-state index is -0.970. The normalized spacial score (nSPS) is 22.2. The number of carbonyl (C=O) groups excluding carboxylic acids is 4. The zero-order chi connectivity index (χ0) is 18.3. The van der Waals surface area contributed by atoms with Gasteiger partial charge in [-0.1, -0.05) is 0 Å². The monoisotopic (exact) mass is 343 g/mol. The standard InChI is InChI=1S/C15H25N3O6/c1-9(12(20)23-3)17-11(19)7-15(5-6-16-8-15)14(22)18-10(2)13(21)24-4/h9-10,16H,5-8H2,1-4H3,(H,17,19)(H,18,22). The topological polar surface area (TPSA) is 123 Å². The van der Waals surface area contributed by atoms with Crippen LogP contribution in [0.3, 0.4) is 0 Å². The summed E-state index contributed by atoms with van der Waals surface area (Å²) in [6.45, 7) is 3.91. The minimum Gasteiger partial charge on any atom is -0.467 e. The Morgan fingerprint density at radius 2 is 1.58 bits per heavy atom. The molecule has 0 saturated carbocycles. The molecule has 0 aromatic rings. The molecule has 24 heavy (non-hydrogen) atoms. The Labute approximate surface area is 140 Å². The maximum atomic E-state index is 12.6. The number of esters is 2. The third kappa shape index (κ3) is 4.92. The molecular weight excluding hydrogens is 318 g/mol. The number of ether oxygens (including phenoxy) is 2. The van der Waals surface area contributed by atoms with Crippen molar-refractivity contribution in [2.24, 2.45) is 5.41 Å². The van der Waals surface area contributed by atoms with Crippen molar-refractivity contribution in [3.05, 3.63) is 0 Å². The summed E-state index contributed by atoms with van der Waals surface area (Å²) in [4.78, 5) is 47.6. The fraction of sp³-hybridized carbons (Fsp3) is 0.733. The molecule has 9 nitrogen and oxygen atoms in total. The van der Waals surface area contributed by atoms with E-state index in [4.69, 9.17) is 0 Å². The van der Waals surface area contributed by atoms with Gasteiger partial charge in [0.1, 0.15) is 12.1 Å². The third-order valence-electron chi connectivity index (χ3n) is 4.06. The summed E-state index contributed by atoms with van der Waals surface area (Å²) in [5.74, 6) is -1.96. The molecule has 0 spiro atoms. The van der Waals surface area contributed by atoms with Crippen LogP contribution in [0.1, 0.15) is 26.7 Å². The zero-order valence-electron chi connectivity index (χ0n) is 14.4. The lowest BCUT2D eigenvalue weighted by Crippen LogP contribution is -2.51. The van der Waals surface area contributed by atoms with Crippen molar-refractivity contribution in [3.63, 3.8) is 0 Å². The van der Waals surface area contributed by atoms with Crippen molar-refractivity contribution in [1.82, 2.24) is 16.0 Å². The largest absolute Gasteiger partial charge is 0.467 e. The van der Waals surface area contributed by atoms with Crippen LogP contribution in [0.25, 0.3) is 0 Å². The first-order valence-corrected chi connectivity index (χ1v) is 7.72. The van der Waals surface area contributed by atoms with Gasteiger partial charge in [0.2, 0.25) is 11.8 Å². The number of nitrogens with one attached hydrogen (secondary N) is 3. The molecule has 1 rings (SSSR count). The summed E-state index contributed by atoms with van der Waals surface area (Å²) in [6.07, 6.45) is 0.355. The molecule has 1 heterocycles. The van der Waals surface area contributed by atoms with Gasteiger partial charge in [-0.05, 0) is 26.8 Å². The number of carbonyl (C=O) groups is 4. The highest BCUT2D eigenvalue weighted by Gasteiger charge is 2.44. The van der Waals surface area contributed by atoms with Gasteiger partial charge in [0.25, 0.3) is 0 Å². The second-order valence-electron chi connectivity index (χ2n) is 5.91. The van der Waals surface area contributed by atoms with E-state index < -0.39 is 41.3 Å². The Morgan fingerprint density at radius 1 is 1.04 bits per heavy atom. The second-order valence-corrected chi connectivity index (χ2v) is 5.91. The van der Waals surface area contributed by atoms with Crippen LogP contribution in [-0.2, 0) is 28.7 Å². The van der Waals surface area contributed by atoms with E-state index in [2.05, 4.69) is 25.4 Å². The lowest BCUT2D eigenvalue weighted by molar-refractivity contribution is -0.147. The van der Waals surface area contributed by atoms with Crippen LogP contribution in [0, 0.1) is 5.41 Å². The highest BCUT2D eigenvalue weighted by molar-refractivity contribution is 5.93. The molecule has 9 heteroatoms. The minimum absolute atomic E-state index is 0.0962. The average Bonchev–Trinajstić information content (AvgIpc) is 3.02. The summed E-state index contributed by atoms with van der Waals surface area (Å²) < 4.78 is 9.13. The average molecular weight is 343 g/mol. The molecule has 1 aliphatic rings. The molecule has 0 aliphatic carbocycles. The third-order valence-corrected chi connectivity index (χ3v) is 4.06. The van der Waals surface area contributed by atoms with E-state index in [0.717, 1.165) is 0 Å². The van der Waals surface area contributed by atoms with E-state index in [1.807, 2.05) is 0 Å². The molecule has 3 unspecified atom stereocenters. The van der Waals surface area contributed by atoms with Crippen LogP contribution in [0.15, 0.2) is 0 Å². The summed E-state index contributed by atoms with van der Waals surface area (Å²) in [5, 5.41) is 8.15. The van der Waals surface area contributed by atoms with E-state index in [1.165, 1.54) is 28.1 Å². The molecular formula is C15H25N3O6. The Morgan fingerprint density at radius 3 is 2.04 bits per heavy atom. The van der Waals surface area contributed by atoms with Crippen LogP contribution in [0.5, 0.6) is 0 Å². The zero-order valence-corrected chi connectivity index (χ0v) is 14.4. The van der Waals surface area contributed by atoms with Gasteiger partial charge < -0.3 is 25.4 Å².